The van der Waals surface area contributed by atoms with E-state index in [1.54, 1.807) is 24.3 Å². The van der Waals surface area contributed by atoms with Crippen molar-refractivity contribution in [2.75, 3.05) is 18.6 Å². The second-order valence-corrected chi connectivity index (χ2v) is 6.59. The average molecular weight is 344 g/mol. The zero-order valence-electron chi connectivity index (χ0n) is 12.4. The monoisotopic (exact) mass is 344 g/mol. The van der Waals surface area contributed by atoms with Crippen molar-refractivity contribution < 1.29 is 27.4 Å². The number of halogens is 3. The largest absolute Gasteiger partial charge is 0.495 e. The lowest BCUT2D eigenvalue weighted by atomic mass is 9.82. The normalized spacial score (nSPS) is 24.2. The molecule has 1 atom stereocenters. The van der Waals surface area contributed by atoms with E-state index in [9.17, 15) is 18.0 Å². The Morgan fingerprint density at radius 3 is 2.70 bits per heavy atom. The summed E-state index contributed by atoms with van der Waals surface area (Å²) in [6.45, 7) is 0. The molecule has 1 spiro atoms. The fourth-order valence-electron chi connectivity index (χ4n) is 3.06. The lowest BCUT2D eigenvalue weighted by molar-refractivity contribution is -0.168. The minimum Gasteiger partial charge on any atom is -0.495 e. The molecule has 1 unspecified atom stereocenters. The molecule has 0 amide bonds. The van der Waals surface area contributed by atoms with Crippen molar-refractivity contribution in [3.63, 3.8) is 0 Å². The van der Waals surface area contributed by atoms with Gasteiger partial charge in [0.2, 0.25) is 0 Å². The summed E-state index contributed by atoms with van der Waals surface area (Å²) in [4.78, 5) is 12.1. The van der Waals surface area contributed by atoms with Crippen LogP contribution in [0.15, 0.2) is 29.8 Å². The predicted octanol–water partition coefficient (Wildman–Crippen LogP) is 3.83. The zero-order chi connectivity index (χ0) is 16.7. The molecule has 2 heterocycles. The average Bonchev–Trinajstić information content (AvgIpc) is 2.52. The molecule has 1 fully saturated rings. The maximum absolute atomic E-state index is 13.2. The van der Waals surface area contributed by atoms with Gasteiger partial charge < -0.3 is 9.47 Å². The minimum absolute atomic E-state index is 0.0309. The molecule has 7 heteroatoms. The molecule has 3 rings (SSSR count). The number of methoxy groups -OCH3 is 1. The molecular weight excluding hydrogens is 329 g/mol. The molecule has 0 N–H and O–H groups in total. The highest BCUT2D eigenvalue weighted by Gasteiger charge is 2.54. The number of rotatable bonds is 2. The quantitative estimate of drug-likeness (QED) is 0.817. The van der Waals surface area contributed by atoms with Crippen LogP contribution in [-0.4, -0.2) is 36.2 Å². The second kappa shape index (κ2) is 5.78. The van der Waals surface area contributed by atoms with Gasteiger partial charge in [0.15, 0.2) is 5.60 Å². The van der Waals surface area contributed by atoms with Crippen molar-refractivity contribution in [3.05, 3.63) is 35.4 Å². The molecule has 0 aliphatic carbocycles. The van der Waals surface area contributed by atoms with Crippen molar-refractivity contribution in [3.8, 4) is 5.75 Å². The van der Waals surface area contributed by atoms with Gasteiger partial charge in [-0.1, -0.05) is 12.1 Å². The molecule has 0 bridgehead atoms. The van der Waals surface area contributed by atoms with E-state index in [4.69, 9.17) is 9.47 Å². The molecule has 3 nitrogen and oxygen atoms in total. The zero-order valence-corrected chi connectivity index (χ0v) is 13.2. The van der Waals surface area contributed by atoms with Gasteiger partial charge in [-0.3, -0.25) is 4.79 Å². The number of fused-ring (bicyclic) bond motifs is 1. The van der Waals surface area contributed by atoms with Crippen LogP contribution in [0.4, 0.5) is 13.2 Å². The first kappa shape index (κ1) is 16.2. The Balaban J connectivity index is 2.24. The molecule has 124 valence electrons. The number of hydrogen-bond acceptors (Lipinski definition) is 4. The number of carbonyl (C=O) groups excluding carboxylic acids is 1. The number of alkyl halides is 3. The first-order valence-corrected chi connectivity index (χ1v) is 8.31. The summed E-state index contributed by atoms with van der Waals surface area (Å²) in [6, 6.07) is 6.70. The van der Waals surface area contributed by atoms with Gasteiger partial charge in [0, 0.05) is 5.75 Å². The highest BCUT2D eigenvalue weighted by atomic mass is 32.2. The molecular formula is C16H15F3O3S. The van der Waals surface area contributed by atoms with Gasteiger partial charge in [0.1, 0.15) is 11.5 Å². The SMILES string of the molecule is COC1=C(C(=O)C(F)(F)F)C2(CCCSC2)Oc2ccccc21. The second-order valence-electron chi connectivity index (χ2n) is 5.48. The summed E-state index contributed by atoms with van der Waals surface area (Å²) in [5.74, 6) is -0.331. The number of Topliss-reactive ketones (excluding diaryl/α,β-unsaturated/α-hetero) is 1. The lowest BCUT2D eigenvalue weighted by Gasteiger charge is -2.42. The Hall–Kier alpha value is -1.63. The van der Waals surface area contributed by atoms with Gasteiger partial charge in [-0.2, -0.15) is 24.9 Å². The van der Waals surface area contributed by atoms with Crippen LogP contribution < -0.4 is 4.74 Å². The van der Waals surface area contributed by atoms with Crippen molar-refractivity contribution in [2.45, 2.75) is 24.6 Å². The predicted molar refractivity (Wildman–Crippen MR) is 81.4 cm³/mol. The summed E-state index contributed by atoms with van der Waals surface area (Å²) >= 11 is 1.48. The van der Waals surface area contributed by atoms with E-state index in [1.165, 1.54) is 18.9 Å². The third kappa shape index (κ3) is 2.71. The molecule has 23 heavy (non-hydrogen) atoms. The Kier molecular flexibility index (Phi) is 4.08. The molecule has 0 aromatic heterocycles. The van der Waals surface area contributed by atoms with Crippen molar-refractivity contribution in [2.24, 2.45) is 0 Å². The fraction of sp³-hybridized carbons (Fsp3) is 0.438. The summed E-state index contributed by atoms with van der Waals surface area (Å²) in [6.07, 6.45) is -3.93. The van der Waals surface area contributed by atoms with E-state index in [0.29, 0.717) is 29.9 Å². The first-order valence-electron chi connectivity index (χ1n) is 7.15. The molecule has 0 saturated carbocycles. The smallest absolute Gasteiger partial charge is 0.454 e. The van der Waals surface area contributed by atoms with Crippen molar-refractivity contribution >= 4 is 23.3 Å². The topological polar surface area (TPSA) is 35.5 Å². The number of carbonyl (C=O) groups is 1. The van der Waals surface area contributed by atoms with Crippen LogP contribution in [0.3, 0.4) is 0 Å². The molecule has 1 aromatic rings. The van der Waals surface area contributed by atoms with Gasteiger partial charge in [-0.15, -0.1) is 0 Å². The molecule has 1 aromatic carbocycles. The minimum atomic E-state index is -4.97. The number of thioether (sulfide) groups is 1. The Labute approximate surface area is 135 Å². The standard InChI is InChI=1S/C16H15F3O3S/c1-21-13-10-5-2-3-6-11(10)22-15(7-4-8-23-9-15)12(13)14(20)16(17,18)19/h2-3,5-6H,4,7-9H2,1H3. The summed E-state index contributed by atoms with van der Waals surface area (Å²) in [5, 5.41) is 0. The highest BCUT2D eigenvalue weighted by molar-refractivity contribution is 7.99. The summed E-state index contributed by atoms with van der Waals surface area (Å²) < 4.78 is 50.7. The number of ether oxygens (including phenoxy) is 2. The summed E-state index contributed by atoms with van der Waals surface area (Å²) in [7, 11) is 1.28. The summed E-state index contributed by atoms with van der Waals surface area (Å²) in [5.41, 5.74) is -1.31. The third-order valence-electron chi connectivity index (χ3n) is 4.01. The van der Waals surface area contributed by atoms with Crippen LogP contribution in [-0.2, 0) is 9.53 Å². The van der Waals surface area contributed by atoms with Crippen LogP contribution in [0.1, 0.15) is 18.4 Å². The van der Waals surface area contributed by atoms with Crippen LogP contribution in [0.2, 0.25) is 0 Å². The third-order valence-corrected chi connectivity index (χ3v) is 5.26. The van der Waals surface area contributed by atoms with Crippen molar-refractivity contribution in [1.82, 2.24) is 0 Å². The number of ketones is 1. The Morgan fingerprint density at radius 2 is 2.09 bits per heavy atom. The van der Waals surface area contributed by atoms with E-state index in [2.05, 4.69) is 0 Å². The lowest BCUT2D eigenvalue weighted by Crippen LogP contribution is -2.50. The number of para-hydroxylation sites is 1. The molecule has 1 saturated heterocycles. The highest BCUT2D eigenvalue weighted by Crippen LogP contribution is 2.48. The first-order chi connectivity index (χ1) is 10.9. The van der Waals surface area contributed by atoms with Crippen LogP contribution in [0, 0.1) is 0 Å². The van der Waals surface area contributed by atoms with Crippen LogP contribution in [0.25, 0.3) is 5.76 Å². The van der Waals surface area contributed by atoms with E-state index in [-0.39, 0.29) is 5.76 Å². The Morgan fingerprint density at radius 1 is 1.35 bits per heavy atom. The van der Waals surface area contributed by atoms with Gasteiger partial charge >= 0.3 is 6.18 Å². The number of benzene rings is 1. The number of hydrogen-bond donors (Lipinski definition) is 0. The molecule has 2 aliphatic heterocycles. The van der Waals surface area contributed by atoms with E-state index >= 15 is 0 Å². The van der Waals surface area contributed by atoms with Crippen LogP contribution >= 0.6 is 11.8 Å². The van der Waals surface area contributed by atoms with E-state index in [1.807, 2.05) is 0 Å². The van der Waals surface area contributed by atoms with Crippen LogP contribution in [0.5, 0.6) is 5.75 Å². The van der Waals surface area contributed by atoms with E-state index < -0.39 is 23.1 Å². The maximum Gasteiger partial charge on any atom is 0.454 e. The maximum atomic E-state index is 13.2. The fourth-order valence-corrected chi connectivity index (χ4v) is 4.23. The van der Waals surface area contributed by atoms with Gasteiger partial charge in [0.05, 0.1) is 18.2 Å². The van der Waals surface area contributed by atoms with Crippen molar-refractivity contribution in [1.29, 1.82) is 0 Å². The van der Waals surface area contributed by atoms with E-state index in [0.717, 1.165) is 5.75 Å². The van der Waals surface area contributed by atoms with Gasteiger partial charge in [0.25, 0.3) is 5.78 Å². The molecule has 0 radical (unpaired) electrons. The molecule has 2 aliphatic rings. The van der Waals surface area contributed by atoms with Gasteiger partial charge in [-0.25, -0.2) is 0 Å². The Bertz CT molecular complexity index is 661. The van der Waals surface area contributed by atoms with Gasteiger partial charge in [-0.05, 0) is 30.7 Å².